The minimum Gasteiger partial charge on any atom is -0.748 e. The summed E-state index contributed by atoms with van der Waals surface area (Å²) in [5.74, 6) is -1.84. The number of carboxylic acids is 1. The molecule has 3 aliphatic heterocycles. The van der Waals surface area contributed by atoms with Crippen LogP contribution < -0.4 is 34.5 Å². The van der Waals surface area contributed by atoms with Gasteiger partial charge in [-0.15, -0.1) is 0 Å². The van der Waals surface area contributed by atoms with Crippen molar-refractivity contribution in [1.82, 2.24) is 9.14 Å². The van der Waals surface area contributed by atoms with Gasteiger partial charge in [-0.25, -0.2) is 22.1 Å². The quantitative estimate of drug-likeness (QED) is 0.139. The average Bonchev–Trinajstić information content (AvgIpc) is 3.38. The first-order chi connectivity index (χ1) is 23.4. The molecule has 0 radical (unpaired) electrons. The Morgan fingerprint density at radius 2 is 1.76 bits per heavy atom. The van der Waals surface area contributed by atoms with Crippen LogP contribution >= 0.6 is 0 Å². The smallest absolute Gasteiger partial charge is 0.290 e. The molecule has 2 aromatic carbocycles. The van der Waals surface area contributed by atoms with Gasteiger partial charge in [-0.1, -0.05) is 6.92 Å². The van der Waals surface area contributed by atoms with E-state index in [1.54, 1.807) is 0 Å². The van der Waals surface area contributed by atoms with Gasteiger partial charge < -0.3 is 24.1 Å². The number of carboxylic acid groups (broad SMARTS) is 1. The van der Waals surface area contributed by atoms with Crippen LogP contribution in [-0.2, 0) is 33.3 Å². The van der Waals surface area contributed by atoms with Crippen molar-refractivity contribution < 1.29 is 37.0 Å². The summed E-state index contributed by atoms with van der Waals surface area (Å²) < 4.78 is 49.7. The molecule has 0 saturated heterocycles. The molecular weight excluding hydrogens is 657 g/mol. The summed E-state index contributed by atoms with van der Waals surface area (Å²) in [5.41, 5.74) is 4.72. The number of ether oxygens (including phenoxy) is 1. The number of allylic oxidation sites excluding steroid dienone is 1. The van der Waals surface area contributed by atoms with Crippen molar-refractivity contribution in [2.45, 2.75) is 91.3 Å². The second-order valence-corrected chi connectivity index (χ2v) is 16.2. The Labute approximate surface area is 293 Å². The Morgan fingerprint density at radius 3 is 2.38 bits per heavy atom. The number of imidazole rings is 1. The number of aromatic nitrogens is 2. The van der Waals surface area contributed by atoms with Gasteiger partial charge in [-0.05, 0) is 69.9 Å². The molecule has 50 heavy (non-hydrogen) atoms. The van der Waals surface area contributed by atoms with E-state index in [-0.39, 0.29) is 18.5 Å². The predicted molar refractivity (Wildman–Crippen MR) is 187 cm³/mol. The summed E-state index contributed by atoms with van der Waals surface area (Å²) in [6, 6.07) is 8.19. The van der Waals surface area contributed by atoms with Crippen molar-refractivity contribution in [3.63, 3.8) is 0 Å². The maximum atomic E-state index is 12.2. The van der Waals surface area contributed by atoms with E-state index in [4.69, 9.17) is 4.74 Å². The van der Waals surface area contributed by atoms with E-state index in [1.165, 1.54) is 5.57 Å². The molecule has 3 aromatic rings. The largest absolute Gasteiger partial charge is 0.748 e. The van der Waals surface area contributed by atoms with E-state index in [1.807, 2.05) is 40.7 Å². The molecule has 0 amide bonds. The van der Waals surface area contributed by atoms with Crippen LogP contribution in [-0.4, -0.2) is 59.2 Å². The lowest BCUT2D eigenvalue weighted by molar-refractivity contribution is -0.673. The third kappa shape index (κ3) is 6.06. The third-order valence-electron chi connectivity index (χ3n) is 10.6. The van der Waals surface area contributed by atoms with Crippen molar-refractivity contribution in [2.75, 3.05) is 23.7 Å². The molecule has 0 fully saturated rings. The number of rotatable bonds is 10. The van der Waals surface area contributed by atoms with Gasteiger partial charge in [0.2, 0.25) is 5.36 Å². The van der Waals surface area contributed by atoms with E-state index in [0.29, 0.717) is 35.9 Å². The third-order valence-corrected chi connectivity index (χ3v) is 11.4. The van der Waals surface area contributed by atoms with Crippen molar-refractivity contribution >= 4 is 38.7 Å². The molecule has 1 atom stereocenters. The average molecular weight is 703 g/mol. The second kappa shape index (κ2) is 12.5. The maximum Gasteiger partial charge on any atom is 0.290 e. The Balaban J connectivity index is 1.72. The van der Waals surface area contributed by atoms with Gasteiger partial charge in [-0.2, -0.15) is 0 Å². The number of hydrogen-bond donors (Lipinski definition) is 0. The van der Waals surface area contributed by atoms with Crippen LogP contribution in [0.3, 0.4) is 0 Å². The normalized spacial score (nSPS) is 18.8. The fourth-order valence-corrected chi connectivity index (χ4v) is 9.30. The fraction of sp³-hybridized carbons (Fsp3) is 0.474. The minimum atomic E-state index is -4.55. The number of carbonyl (C=O) groups is 2. The molecule has 0 N–H and O–H groups in total. The van der Waals surface area contributed by atoms with Crippen LogP contribution in [0.2, 0.25) is 0 Å². The second-order valence-electron chi connectivity index (χ2n) is 14.7. The van der Waals surface area contributed by atoms with Crippen LogP contribution in [0, 0.1) is 0 Å². The highest BCUT2D eigenvalue weighted by Gasteiger charge is 2.41. The Bertz CT molecular complexity index is 2210. The highest BCUT2D eigenvalue weighted by atomic mass is 32.2. The summed E-state index contributed by atoms with van der Waals surface area (Å²) in [6.07, 6.45) is 7.00. The summed E-state index contributed by atoms with van der Waals surface area (Å²) in [4.78, 5) is 25.7. The summed E-state index contributed by atoms with van der Waals surface area (Å²) in [7, 11) is -2.66. The molecule has 12 heteroatoms. The number of aliphatic carboxylic acids is 1. The number of aryl methyl sites for hydroxylation is 2. The highest BCUT2D eigenvalue weighted by molar-refractivity contribution is 7.85. The van der Waals surface area contributed by atoms with Crippen molar-refractivity contribution in [1.29, 1.82) is 0 Å². The molecular formula is C38H46N4O7S. The van der Waals surface area contributed by atoms with Gasteiger partial charge in [0.05, 0.1) is 41.8 Å². The van der Waals surface area contributed by atoms with Crippen LogP contribution in [0.4, 0.5) is 5.69 Å². The summed E-state index contributed by atoms with van der Waals surface area (Å²) in [6.45, 7) is 16.4. The number of benzene rings is 2. The topological polar surface area (TPSA) is 139 Å². The lowest BCUT2D eigenvalue weighted by atomic mass is 9.78. The molecule has 11 nitrogen and oxygen atoms in total. The molecule has 0 saturated carbocycles. The monoisotopic (exact) mass is 702 g/mol. The molecule has 0 spiro atoms. The van der Waals surface area contributed by atoms with Crippen LogP contribution in [0.1, 0.15) is 96.2 Å². The lowest BCUT2D eigenvalue weighted by Crippen LogP contribution is -2.49. The summed E-state index contributed by atoms with van der Waals surface area (Å²) >= 11 is 0. The van der Waals surface area contributed by atoms with Crippen LogP contribution in [0.5, 0.6) is 11.5 Å². The first kappa shape index (κ1) is 35.5. The van der Waals surface area contributed by atoms with Crippen molar-refractivity contribution in [3.05, 3.63) is 75.8 Å². The molecule has 4 heterocycles. The van der Waals surface area contributed by atoms with Gasteiger partial charge in [-0.3, -0.25) is 4.79 Å². The van der Waals surface area contributed by atoms with E-state index < -0.39 is 39.1 Å². The van der Waals surface area contributed by atoms with Crippen molar-refractivity contribution in [2.24, 2.45) is 7.05 Å². The number of ketones is 1. The van der Waals surface area contributed by atoms with Gasteiger partial charge in [0.1, 0.15) is 36.4 Å². The zero-order valence-corrected chi connectivity index (χ0v) is 30.9. The van der Waals surface area contributed by atoms with E-state index in [0.717, 1.165) is 45.9 Å². The van der Waals surface area contributed by atoms with E-state index in [9.17, 15) is 27.7 Å². The lowest BCUT2D eigenvalue weighted by Gasteiger charge is -2.48. The number of Topliss-reactive ketones (excluding diaryl/α,β-unsaturated/α-hetero) is 1. The maximum absolute atomic E-state index is 12.2. The van der Waals surface area contributed by atoms with E-state index in [2.05, 4.69) is 76.2 Å². The van der Waals surface area contributed by atoms with Crippen LogP contribution in [0.25, 0.3) is 11.1 Å². The minimum absolute atomic E-state index is 0.0979. The molecule has 3 aliphatic rings. The number of carbonyl (C=O) groups excluding carboxylic acids is 2. The molecule has 1 unspecified atom stereocenters. The molecule has 0 bridgehead atoms. The molecule has 6 rings (SSSR count). The summed E-state index contributed by atoms with van der Waals surface area (Å²) in [5, 5.41) is 13.2. The van der Waals surface area contributed by atoms with Gasteiger partial charge >= 0.3 is 0 Å². The highest BCUT2D eigenvalue weighted by Crippen LogP contribution is 2.49. The Kier molecular flexibility index (Phi) is 8.87. The van der Waals surface area contributed by atoms with E-state index >= 15 is 0 Å². The molecule has 1 aromatic heterocycles. The first-order valence-corrected chi connectivity index (χ1v) is 18.9. The first-order valence-electron chi connectivity index (χ1n) is 17.3. The van der Waals surface area contributed by atoms with Gasteiger partial charge in [0.25, 0.3) is 5.82 Å². The Hall–Kier alpha value is -4.29. The number of likely N-dealkylation sites (N-methyl/N-ethyl adjacent to an activating group) is 1. The molecule has 266 valence electrons. The van der Waals surface area contributed by atoms with Crippen LogP contribution in [0.15, 0.2) is 42.7 Å². The number of fused-ring (bicyclic) bond motifs is 4. The zero-order chi connectivity index (χ0) is 36.5. The van der Waals surface area contributed by atoms with Crippen molar-refractivity contribution in [3.8, 4) is 11.5 Å². The standard InChI is InChI=1S/C38H46N4O7S/c1-9-23-20-37(4,5)41(10-2)29-18-32-27(16-25(23)29)34(35-39(8)14-15-40(35)13-12-31(43)36(44)45)28-17-26-24(22-50(46,47)48)21-38(6,7)42(11-3)30(26)19-33(28)49-32/h14-20,24H,9-13,21-22H2,1-8H3. The SMILES string of the molecule is CCC1=CC(C)(C)[N+](CC)=c2cc3c(cc21)=C(c1n(CCC(=O)C(=O)[O-])cc[n+]1C)c1cc2c(cc1O3)N(CC)C(C)(C)CC2CS(=O)(=O)[O-]. The number of anilines is 1. The predicted octanol–water partition coefficient (Wildman–Crippen LogP) is 2.11. The fourth-order valence-electron chi connectivity index (χ4n) is 8.51. The molecule has 0 aliphatic carbocycles. The Morgan fingerprint density at radius 1 is 1.04 bits per heavy atom. The van der Waals surface area contributed by atoms with Gasteiger partial charge in [0.15, 0.2) is 11.3 Å². The van der Waals surface area contributed by atoms with Gasteiger partial charge in [0, 0.05) is 65.7 Å². The zero-order valence-electron chi connectivity index (χ0n) is 30.1. The number of nitrogens with zero attached hydrogens (tertiary/aromatic N) is 4. The number of hydrogen-bond acceptors (Lipinski definition) is 8.